The minimum atomic E-state index is -0.0345. The van der Waals surface area contributed by atoms with Gasteiger partial charge in [0.05, 0.1) is 0 Å². The lowest BCUT2D eigenvalue weighted by Gasteiger charge is -2.25. The van der Waals surface area contributed by atoms with Crippen molar-refractivity contribution in [1.82, 2.24) is 0 Å². The second kappa shape index (κ2) is 6.96. The van der Waals surface area contributed by atoms with Crippen molar-refractivity contribution in [2.75, 3.05) is 13.2 Å². The van der Waals surface area contributed by atoms with Crippen LogP contribution in [0.2, 0.25) is 5.82 Å². The van der Waals surface area contributed by atoms with Gasteiger partial charge >= 0.3 is 7.12 Å². The highest BCUT2D eigenvalue weighted by Crippen LogP contribution is 2.45. The summed E-state index contributed by atoms with van der Waals surface area (Å²) in [6, 6.07) is 10.8. The maximum absolute atomic E-state index is 5.80. The van der Waals surface area contributed by atoms with E-state index < -0.39 is 0 Å². The van der Waals surface area contributed by atoms with E-state index in [0.29, 0.717) is 11.7 Å². The van der Waals surface area contributed by atoms with Crippen LogP contribution in [0.4, 0.5) is 0 Å². The molecular weight excluding hydrogens is 223 g/mol. The van der Waals surface area contributed by atoms with Crippen LogP contribution < -0.4 is 0 Å². The molecule has 0 bridgehead atoms. The second-order valence-corrected chi connectivity index (χ2v) is 4.89. The third-order valence-corrected chi connectivity index (χ3v) is 3.81. The molecule has 1 aliphatic rings. The molecule has 0 radical (unpaired) electrons. The number of rotatable bonds is 6. The van der Waals surface area contributed by atoms with Crippen molar-refractivity contribution in [3.05, 3.63) is 35.9 Å². The van der Waals surface area contributed by atoms with Gasteiger partial charge in [-0.1, -0.05) is 43.2 Å². The molecule has 0 N–H and O–H groups in total. The molecule has 0 unspecified atom stereocenters. The number of hydrogen-bond donors (Lipinski definition) is 0. The molecular formula is C15H23BO2. The van der Waals surface area contributed by atoms with Gasteiger partial charge < -0.3 is 9.31 Å². The van der Waals surface area contributed by atoms with Crippen LogP contribution in [-0.4, -0.2) is 20.3 Å². The Morgan fingerprint density at radius 1 is 1.06 bits per heavy atom. The fourth-order valence-electron chi connectivity index (χ4n) is 3.05. The van der Waals surface area contributed by atoms with Crippen LogP contribution in [0.5, 0.6) is 0 Å². The van der Waals surface area contributed by atoms with Crippen LogP contribution in [0.3, 0.4) is 0 Å². The molecule has 1 saturated carbocycles. The van der Waals surface area contributed by atoms with E-state index in [9.17, 15) is 0 Å². The van der Waals surface area contributed by atoms with E-state index >= 15 is 0 Å². The fraction of sp³-hybridized carbons (Fsp3) is 0.600. The highest BCUT2D eigenvalue weighted by Gasteiger charge is 2.39. The van der Waals surface area contributed by atoms with Crippen LogP contribution in [0.1, 0.15) is 44.6 Å². The maximum atomic E-state index is 5.80. The standard InChI is InChI=1S/C15H23BO2/c1-3-17-16(18-4-2)15-12-8-11-14(15)13-9-6-5-7-10-13/h5-7,9-10,14-15H,3-4,8,11-12H2,1-2H3/t14-,15+/m1/s1. The fourth-order valence-corrected chi connectivity index (χ4v) is 3.05. The van der Waals surface area contributed by atoms with Crippen molar-refractivity contribution in [3.63, 3.8) is 0 Å². The van der Waals surface area contributed by atoms with Crippen LogP contribution in [-0.2, 0) is 9.31 Å². The van der Waals surface area contributed by atoms with Crippen LogP contribution in [0.25, 0.3) is 0 Å². The molecule has 0 aliphatic heterocycles. The predicted molar refractivity (Wildman–Crippen MR) is 75.8 cm³/mol. The third-order valence-electron chi connectivity index (χ3n) is 3.81. The van der Waals surface area contributed by atoms with Crippen molar-refractivity contribution in [3.8, 4) is 0 Å². The predicted octanol–water partition coefficient (Wildman–Crippen LogP) is 3.89. The van der Waals surface area contributed by atoms with Gasteiger partial charge in [-0.25, -0.2) is 0 Å². The van der Waals surface area contributed by atoms with E-state index in [2.05, 4.69) is 30.3 Å². The summed E-state index contributed by atoms with van der Waals surface area (Å²) >= 11 is 0. The van der Waals surface area contributed by atoms with E-state index in [1.54, 1.807) is 0 Å². The summed E-state index contributed by atoms with van der Waals surface area (Å²) in [5.41, 5.74) is 1.43. The van der Waals surface area contributed by atoms with Crippen molar-refractivity contribution < 1.29 is 9.31 Å². The molecule has 3 heteroatoms. The lowest BCUT2D eigenvalue weighted by Crippen LogP contribution is -2.30. The first-order valence-corrected chi connectivity index (χ1v) is 7.15. The summed E-state index contributed by atoms with van der Waals surface area (Å²) in [7, 11) is -0.0345. The summed E-state index contributed by atoms with van der Waals surface area (Å²) in [5, 5.41) is 0. The Labute approximate surface area is 111 Å². The lowest BCUT2D eigenvalue weighted by molar-refractivity contribution is 0.201. The SMILES string of the molecule is CCOB(OCC)[C@H]1CCC[C@@H]1c1ccccc1. The van der Waals surface area contributed by atoms with Crippen molar-refractivity contribution in [2.45, 2.75) is 44.8 Å². The topological polar surface area (TPSA) is 18.5 Å². The summed E-state index contributed by atoms with van der Waals surface area (Å²) < 4.78 is 11.6. The van der Waals surface area contributed by atoms with Crippen molar-refractivity contribution >= 4 is 7.12 Å². The molecule has 1 aliphatic carbocycles. The molecule has 18 heavy (non-hydrogen) atoms. The van der Waals surface area contributed by atoms with Gasteiger partial charge in [0.25, 0.3) is 0 Å². The molecule has 2 rings (SSSR count). The molecule has 0 spiro atoms. The van der Waals surface area contributed by atoms with Crippen LogP contribution in [0.15, 0.2) is 30.3 Å². The summed E-state index contributed by atoms with van der Waals surface area (Å²) in [6.45, 7) is 5.53. The molecule has 1 aromatic rings. The molecule has 0 saturated heterocycles. The molecule has 2 atom stereocenters. The van der Waals surface area contributed by atoms with E-state index in [0.717, 1.165) is 13.2 Å². The zero-order valence-corrected chi connectivity index (χ0v) is 11.5. The first kappa shape index (κ1) is 13.6. The second-order valence-electron chi connectivity index (χ2n) is 4.89. The largest absolute Gasteiger partial charge is 0.460 e. The Balaban J connectivity index is 2.10. The minimum absolute atomic E-state index is 0.0345. The van der Waals surface area contributed by atoms with Crippen LogP contribution >= 0.6 is 0 Å². The zero-order valence-electron chi connectivity index (χ0n) is 11.5. The molecule has 0 heterocycles. The Morgan fingerprint density at radius 2 is 1.72 bits per heavy atom. The van der Waals surface area contributed by atoms with E-state index in [4.69, 9.17) is 9.31 Å². The quantitative estimate of drug-likeness (QED) is 0.709. The zero-order chi connectivity index (χ0) is 12.8. The highest BCUT2D eigenvalue weighted by atomic mass is 16.6. The average molecular weight is 246 g/mol. The average Bonchev–Trinajstić information content (AvgIpc) is 2.88. The smallest absolute Gasteiger partial charge is 0.411 e. The summed E-state index contributed by atoms with van der Waals surface area (Å²) in [5.74, 6) is 1.10. The van der Waals surface area contributed by atoms with Gasteiger partial charge in [0.15, 0.2) is 0 Å². The highest BCUT2D eigenvalue weighted by molar-refractivity contribution is 6.46. The monoisotopic (exact) mass is 246 g/mol. The Kier molecular flexibility index (Phi) is 5.27. The number of benzene rings is 1. The molecule has 0 aromatic heterocycles. The third kappa shape index (κ3) is 3.15. The van der Waals surface area contributed by atoms with Gasteiger partial charge in [-0.05, 0) is 31.7 Å². The Morgan fingerprint density at radius 3 is 2.33 bits per heavy atom. The van der Waals surface area contributed by atoms with Crippen molar-refractivity contribution in [2.24, 2.45) is 0 Å². The number of hydrogen-bond acceptors (Lipinski definition) is 2. The molecule has 98 valence electrons. The van der Waals surface area contributed by atoms with Gasteiger partial charge in [-0.15, -0.1) is 0 Å². The van der Waals surface area contributed by atoms with E-state index in [1.807, 2.05) is 13.8 Å². The normalized spacial score (nSPS) is 23.2. The maximum Gasteiger partial charge on any atom is 0.460 e. The van der Waals surface area contributed by atoms with Gasteiger partial charge in [0, 0.05) is 19.0 Å². The van der Waals surface area contributed by atoms with Gasteiger partial charge in [0.2, 0.25) is 0 Å². The van der Waals surface area contributed by atoms with Crippen molar-refractivity contribution in [1.29, 1.82) is 0 Å². The lowest BCUT2D eigenvalue weighted by atomic mass is 9.64. The Bertz CT molecular complexity index is 336. The molecule has 2 nitrogen and oxygen atoms in total. The Hall–Kier alpha value is -0.795. The van der Waals surface area contributed by atoms with Gasteiger partial charge in [-0.3, -0.25) is 0 Å². The summed E-state index contributed by atoms with van der Waals surface area (Å²) in [6.07, 6.45) is 3.75. The molecule has 0 amide bonds. The van der Waals surface area contributed by atoms with Gasteiger partial charge in [-0.2, -0.15) is 0 Å². The van der Waals surface area contributed by atoms with Crippen LogP contribution in [0, 0.1) is 0 Å². The minimum Gasteiger partial charge on any atom is -0.411 e. The first-order chi connectivity index (χ1) is 8.86. The molecule has 1 fully saturated rings. The van der Waals surface area contributed by atoms with Gasteiger partial charge in [0.1, 0.15) is 0 Å². The first-order valence-electron chi connectivity index (χ1n) is 7.15. The van der Waals surface area contributed by atoms with E-state index in [-0.39, 0.29) is 7.12 Å². The molecule has 1 aromatic carbocycles. The summed E-state index contributed by atoms with van der Waals surface area (Å²) in [4.78, 5) is 0. The van der Waals surface area contributed by atoms with E-state index in [1.165, 1.54) is 24.8 Å².